The summed E-state index contributed by atoms with van der Waals surface area (Å²) in [5, 5.41) is 3.85. The fraction of sp³-hybridized carbons (Fsp3) is 0.409. The lowest BCUT2D eigenvalue weighted by atomic mass is 10.2. The van der Waals surface area contributed by atoms with Gasteiger partial charge in [-0.1, -0.05) is 17.7 Å². The number of sulfone groups is 1. The highest BCUT2D eigenvalue weighted by Crippen LogP contribution is 2.28. The molecule has 0 radical (unpaired) electrons. The lowest BCUT2D eigenvalue weighted by Gasteiger charge is -2.13. The predicted molar refractivity (Wildman–Crippen MR) is 124 cm³/mol. The van der Waals surface area contributed by atoms with Crippen LogP contribution in [0, 0.1) is 20.8 Å². The molecule has 4 rings (SSSR count). The predicted octanol–water partition coefficient (Wildman–Crippen LogP) is 2.46. The molecule has 3 heterocycles. The molecule has 0 saturated carbocycles. The summed E-state index contributed by atoms with van der Waals surface area (Å²) in [7, 11) is -3.07. The maximum atomic E-state index is 13.2. The lowest BCUT2D eigenvalue weighted by Crippen LogP contribution is -2.36. The number of nitrogens with zero attached hydrogens (tertiary/aromatic N) is 3. The van der Waals surface area contributed by atoms with Crippen LogP contribution in [0.3, 0.4) is 0 Å². The maximum absolute atomic E-state index is 13.2. The zero-order valence-electron chi connectivity index (χ0n) is 18.2. The smallest absolute Gasteiger partial charge is 0.263 e. The van der Waals surface area contributed by atoms with Crippen molar-refractivity contribution in [3.05, 3.63) is 56.7 Å². The molecule has 0 bridgehead atoms. The highest BCUT2D eigenvalue weighted by Gasteiger charge is 2.28. The molecule has 10 heteroatoms. The molecule has 3 aromatic rings. The molecule has 8 nitrogen and oxygen atoms in total. The van der Waals surface area contributed by atoms with Crippen molar-refractivity contribution in [3.8, 4) is 5.69 Å². The van der Waals surface area contributed by atoms with Gasteiger partial charge in [-0.3, -0.25) is 18.7 Å². The molecule has 1 aromatic carbocycles. The number of aryl methyl sites for hydroxylation is 3. The minimum absolute atomic E-state index is 0.0267. The molecule has 2 aromatic heterocycles. The van der Waals surface area contributed by atoms with Gasteiger partial charge >= 0.3 is 0 Å². The number of rotatable bonds is 5. The maximum Gasteiger partial charge on any atom is 0.263 e. The second-order valence-electron chi connectivity index (χ2n) is 8.34. The topological polar surface area (TPSA) is 103 Å². The average molecular weight is 477 g/mol. The van der Waals surface area contributed by atoms with Gasteiger partial charge in [-0.05, 0) is 50.5 Å². The fourth-order valence-electron chi connectivity index (χ4n) is 4.19. The van der Waals surface area contributed by atoms with Gasteiger partial charge in [0.25, 0.3) is 5.56 Å². The standard InChI is InChI=1S/C22H25ClN4O4S/c1-13-4-5-16(23)10-18(13)27-15(3)14(2)20-21(27)24-12-26(22(20)29)8-6-19(28)25-17-7-9-32(30,31)11-17/h4-5,10,12,17H,6-9,11H2,1-3H3,(H,25,28)/t17-/m0/s1. The summed E-state index contributed by atoms with van der Waals surface area (Å²) in [5.74, 6) is -0.208. The van der Waals surface area contributed by atoms with Crippen molar-refractivity contribution in [3.63, 3.8) is 0 Å². The summed E-state index contributed by atoms with van der Waals surface area (Å²) >= 11 is 6.21. The highest BCUT2D eigenvalue weighted by molar-refractivity contribution is 7.91. The van der Waals surface area contributed by atoms with E-state index in [2.05, 4.69) is 10.3 Å². The quantitative estimate of drug-likeness (QED) is 0.609. The van der Waals surface area contributed by atoms with Crippen LogP contribution in [0.4, 0.5) is 0 Å². The SMILES string of the molecule is Cc1ccc(Cl)cc1-n1c(C)c(C)c2c(=O)n(CCC(=O)N[C@H]3CCS(=O)(=O)C3)cnc21. The molecule has 1 amide bonds. The van der Waals surface area contributed by atoms with E-state index in [0.717, 1.165) is 22.5 Å². The highest BCUT2D eigenvalue weighted by atomic mass is 35.5. The number of aromatic nitrogens is 3. The molecular weight excluding hydrogens is 452 g/mol. The van der Waals surface area contributed by atoms with Crippen LogP contribution < -0.4 is 10.9 Å². The van der Waals surface area contributed by atoms with Crippen molar-refractivity contribution in [2.75, 3.05) is 11.5 Å². The van der Waals surface area contributed by atoms with Gasteiger partial charge < -0.3 is 5.32 Å². The Bertz CT molecular complexity index is 1390. The summed E-state index contributed by atoms with van der Waals surface area (Å²) < 4.78 is 26.5. The van der Waals surface area contributed by atoms with Gasteiger partial charge in [0.15, 0.2) is 15.5 Å². The summed E-state index contributed by atoms with van der Waals surface area (Å²) in [6.07, 6.45) is 1.94. The molecule has 1 aliphatic rings. The third kappa shape index (κ3) is 4.19. The van der Waals surface area contributed by atoms with Crippen molar-refractivity contribution in [2.45, 2.75) is 46.2 Å². The van der Waals surface area contributed by atoms with Crippen LogP contribution in [-0.2, 0) is 21.2 Å². The van der Waals surface area contributed by atoms with Crippen molar-refractivity contribution in [1.29, 1.82) is 0 Å². The van der Waals surface area contributed by atoms with Gasteiger partial charge in [-0.25, -0.2) is 13.4 Å². The van der Waals surface area contributed by atoms with E-state index in [9.17, 15) is 18.0 Å². The summed E-state index contributed by atoms with van der Waals surface area (Å²) in [4.78, 5) is 30.0. The zero-order valence-corrected chi connectivity index (χ0v) is 19.8. The number of hydrogen-bond donors (Lipinski definition) is 1. The Morgan fingerprint density at radius 3 is 2.72 bits per heavy atom. The summed E-state index contributed by atoms with van der Waals surface area (Å²) in [5.41, 5.74) is 3.92. The Kier molecular flexibility index (Phi) is 5.89. The van der Waals surface area contributed by atoms with Crippen molar-refractivity contribution >= 4 is 38.4 Å². The first-order valence-electron chi connectivity index (χ1n) is 10.4. The van der Waals surface area contributed by atoms with Crippen molar-refractivity contribution in [2.24, 2.45) is 0 Å². The average Bonchev–Trinajstić information content (AvgIpc) is 3.19. The summed E-state index contributed by atoms with van der Waals surface area (Å²) in [6.45, 7) is 5.95. The van der Waals surface area contributed by atoms with Crippen LogP contribution in [0.2, 0.25) is 5.02 Å². The number of benzene rings is 1. The van der Waals surface area contributed by atoms with Gasteiger partial charge in [0.1, 0.15) is 0 Å². The van der Waals surface area contributed by atoms with Crippen LogP contribution in [0.25, 0.3) is 16.7 Å². The first-order chi connectivity index (χ1) is 15.1. The molecule has 170 valence electrons. The Labute approximate surface area is 191 Å². The van der Waals surface area contributed by atoms with E-state index >= 15 is 0 Å². The van der Waals surface area contributed by atoms with Crippen LogP contribution in [0.5, 0.6) is 0 Å². The molecule has 0 unspecified atom stereocenters. The molecule has 0 aliphatic carbocycles. The Morgan fingerprint density at radius 1 is 1.28 bits per heavy atom. The largest absolute Gasteiger partial charge is 0.352 e. The third-order valence-electron chi connectivity index (χ3n) is 6.07. The number of carbonyl (C=O) groups is 1. The molecule has 32 heavy (non-hydrogen) atoms. The number of fused-ring (bicyclic) bond motifs is 1. The summed E-state index contributed by atoms with van der Waals surface area (Å²) in [6, 6.07) is 5.24. The second-order valence-corrected chi connectivity index (χ2v) is 11.0. The number of amides is 1. The first-order valence-corrected chi connectivity index (χ1v) is 12.6. The van der Waals surface area contributed by atoms with Gasteiger partial charge in [-0.2, -0.15) is 0 Å². The minimum atomic E-state index is -3.07. The van der Waals surface area contributed by atoms with Crippen molar-refractivity contribution in [1.82, 2.24) is 19.4 Å². The molecular formula is C22H25ClN4O4S. The number of hydrogen-bond acceptors (Lipinski definition) is 5. The number of halogens is 1. The Balaban J connectivity index is 1.61. The van der Waals surface area contributed by atoms with E-state index in [1.165, 1.54) is 10.9 Å². The monoisotopic (exact) mass is 476 g/mol. The van der Waals surface area contributed by atoms with E-state index in [0.29, 0.717) is 22.5 Å². The molecule has 0 spiro atoms. The van der Waals surface area contributed by atoms with Crippen molar-refractivity contribution < 1.29 is 13.2 Å². The van der Waals surface area contributed by atoms with E-state index < -0.39 is 9.84 Å². The molecule has 1 fully saturated rings. The molecule has 1 atom stereocenters. The Hall–Kier alpha value is -2.65. The van der Waals surface area contributed by atoms with Gasteiger partial charge in [-0.15, -0.1) is 0 Å². The van der Waals surface area contributed by atoms with Crippen LogP contribution in [0.1, 0.15) is 29.7 Å². The van der Waals surface area contributed by atoms with E-state index in [1.807, 2.05) is 43.5 Å². The Morgan fingerprint density at radius 2 is 2.03 bits per heavy atom. The molecule has 1 N–H and O–H groups in total. The third-order valence-corrected chi connectivity index (χ3v) is 8.08. The van der Waals surface area contributed by atoms with Crippen LogP contribution in [0.15, 0.2) is 29.3 Å². The first kappa shape index (κ1) is 22.5. The molecule has 1 saturated heterocycles. The number of carbonyl (C=O) groups excluding carboxylic acids is 1. The lowest BCUT2D eigenvalue weighted by molar-refractivity contribution is -0.121. The normalized spacial score (nSPS) is 17.7. The second kappa shape index (κ2) is 8.37. The van der Waals surface area contributed by atoms with Gasteiger partial charge in [0.05, 0.1) is 28.9 Å². The zero-order chi connectivity index (χ0) is 23.2. The van der Waals surface area contributed by atoms with Crippen LogP contribution in [-0.4, -0.2) is 46.0 Å². The van der Waals surface area contributed by atoms with E-state index in [4.69, 9.17) is 11.6 Å². The van der Waals surface area contributed by atoms with Gasteiger partial charge in [0.2, 0.25) is 5.91 Å². The van der Waals surface area contributed by atoms with Crippen LogP contribution >= 0.6 is 11.6 Å². The van der Waals surface area contributed by atoms with E-state index in [1.54, 1.807) is 0 Å². The minimum Gasteiger partial charge on any atom is -0.352 e. The molecule has 1 aliphatic heterocycles. The number of nitrogens with one attached hydrogen (secondary N) is 1. The van der Waals surface area contributed by atoms with Gasteiger partial charge in [0, 0.05) is 29.7 Å². The van der Waals surface area contributed by atoms with E-state index in [-0.39, 0.29) is 42.0 Å². The fourth-order valence-corrected chi connectivity index (χ4v) is 6.03.